The Bertz CT molecular complexity index is 704. The minimum atomic E-state index is 0.488. The van der Waals surface area contributed by atoms with Gasteiger partial charge in [-0.25, -0.2) is 0 Å². The van der Waals surface area contributed by atoms with Crippen LogP contribution in [-0.2, 0) is 19.5 Å². The average molecular weight is 329 g/mol. The van der Waals surface area contributed by atoms with Gasteiger partial charge in [-0.15, -0.1) is 10.2 Å². The predicted molar refractivity (Wildman–Crippen MR) is 90.6 cm³/mol. The van der Waals surface area contributed by atoms with Gasteiger partial charge >= 0.3 is 0 Å². The Kier molecular flexibility index (Phi) is 3.95. The lowest BCUT2D eigenvalue weighted by molar-refractivity contribution is 0.0822. The van der Waals surface area contributed by atoms with Gasteiger partial charge in [0.25, 0.3) is 0 Å². The molecule has 2 aliphatic heterocycles. The third-order valence-corrected chi connectivity index (χ3v) is 6.24. The number of hydrogen-bond donors (Lipinski definition) is 0. The summed E-state index contributed by atoms with van der Waals surface area (Å²) < 4.78 is 7.63. The molecule has 0 atom stereocenters. The van der Waals surface area contributed by atoms with E-state index in [-0.39, 0.29) is 0 Å². The van der Waals surface area contributed by atoms with Gasteiger partial charge in [-0.05, 0) is 65.0 Å². The van der Waals surface area contributed by atoms with Crippen molar-refractivity contribution in [3.05, 3.63) is 28.7 Å². The van der Waals surface area contributed by atoms with Crippen molar-refractivity contribution in [1.29, 1.82) is 0 Å². The van der Waals surface area contributed by atoms with Crippen LogP contribution in [0.1, 0.15) is 54.3 Å². The van der Waals surface area contributed by atoms with E-state index >= 15 is 0 Å². The first-order chi connectivity index (χ1) is 11.6. The summed E-state index contributed by atoms with van der Waals surface area (Å²) in [4.78, 5) is 2.56. The van der Waals surface area contributed by atoms with E-state index in [0.29, 0.717) is 5.41 Å². The third kappa shape index (κ3) is 2.77. The summed E-state index contributed by atoms with van der Waals surface area (Å²) in [5.74, 6) is 3.22. The Hall–Kier alpha value is -1.69. The van der Waals surface area contributed by atoms with Gasteiger partial charge in [0, 0.05) is 25.1 Å². The molecular formula is C18H27N5O. The van der Waals surface area contributed by atoms with Gasteiger partial charge in [-0.1, -0.05) is 5.16 Å². The Morgan fingerprint density at radius 1 is 1.00 bits per heavy atom. The van der Waals surface area contributed by atoms with E-state index in [2.05, 4.69) is 31.7 Å². The summed E-state index contributed by atoms with van der Waals surface area (Å²) in [5.41, 5.74) is 2.80. The van der Waals surface area contributed by atoms with Gasteiger partial charge in [0.05, 0.1) is 5.69 Å². The number of aromatic nitrogens is 4. The predicted octanol–water partition coefficient (Wildman–Crippen LogP) is 2.81. The fraction of sp³-hybridized carbons (Fsp3) is 0.722. The number of piperidine rings is 1. The van der Waals surface area contributed by atoms with Crippen LogP contribution in [0.4, 0.5) is 0 Å². The van der Waals surface area contributed by atoms with Crippen LogP contribution in [0.15, 0.2) is 4.52 Å². The number of rotatable bonds is 2. The summed E-state index contributed by atoms with van der Waals surface area (Å²) in [6.07, 6.45) is 6.16. The lowest BCUT2D eigenvalue weighted by atomic mass is 9.72. The van der Waals surface area contributed by atoms with Crippen LogP contribution in [0, 0.1) is 26.2 Å². The van der Waals surface area contributed by atoms with Crippen molar-refractivity contribution >= 4 is 0 Å². The third-order valence-electron chi connectivity index (χ3n) is 6.24. The molecule has 0 aliphatic carbocycles. The molecular weight excluding hydrogens is 302 g/mol. The second-order valence-electron chi connectivity index (χ2n) is 7.64. The van der Waals surface area contributed by atoms with E-state index in [0.717, 1.165) is 36.8 Å². The first-order valence-corrected chi connectivity index (χ1v) is 9.09. The highest BCUT2D eigenvalue weighted by atomic mass is 16.5. The van der Waals surface area contributed by atoms with Gasteiger partial charge in [0.1, 0.15) is 17.4 Å². The molecule has 0 aromatic carbocycles. The number of likely N-dealkylation sites (tertiary alicyclic amines) is 1. The van der Waals surface area contributed by atoms with Gasteiger partial charge < -0.3 is 9.09 Å². The summed E-state index contributed by atoms with van der Waals surface area (Å²) in [6.45, 7) is 10.5. The topological polar surface area (TPSA) is 60.0 Å². The zero-order valence-electron chi connectivity index (χ0n) is 15.0. The Labute approximate surface area is 143 Å². The highest BCUT2D eigenvalue weighted by molar-refractivity contribution is 5.20. The molecule has 0 unspecified atom stereocenters. The molecule has 0 saturated carbocycles. The van der Waals surface area contributed by atoms with Crippen molar-refractivity contribution in [3.8, 4) is 0 Å². The van der Waals surface area contributed by atoms with Crippen molar-refractivity contribution < 1.29 is 4.52 Å². The lowest BCUT2D eigenvalue weighted by Crippen LogP contribution is -2.40. The number of fused-ring (bicyclic) bond motifs is 1. The summed E-state index contributed by atoms with van der Waals surface area (Å²) in [6, 6.07) is 0. The quantitative estimate of drug-likeness (QED) is 0.848. The van der Waals surface area contributed by atoms with E-state index < -0.39 is 0 Å². The van der Waals surface area contributed by atoms with E-state index in [1.165, 1.54) is 50.2 Å². The van der Waals surface area contributed by atoms with Crippen molar-refractivity contribution in [2.45, 2.75) is 66.0 Å². The zero-order valence-corrected chi connectivity index (χ0v) is 15.0. The van der Waals surface area contributed by atoms with E-state index in [9.17, 15) is 0 Å². The first-order valence-electron chi connectivity index (χ1n) is 9.09. The van der Waals surface area contributed by atoms with Crippen LogP contribution in [-0.4, -0.2) is 37.9 Å². The fourth-order valence-corrected chi connectivity index (χ4v) is 4.39. The van der Waals surface area contributed by atoms with E-state index in [4.69, 9.17) is 4.52 Å². The maximum Gasteiger partial charge on any atom is 0.138 e. The van der Waals surface area contributed by atoms with E-state index in [1.807, 2.05) is 13.8 Å². The minimum Gasteiger partial charge on any atom is -0.361 e. The maximum absolute atomic E-state index is 5.31. The molecule has 1 spiro atoms. The molecule has 2 aromatic rings. The SMILES string of the molecule is Cc1noc(C)c1CN1CCC2(CCc3nnc(C)n3CC2)CC1. The standard InChI is InChI=1S/C18H27N5O/c1-13-16(14(2)24-21-13)12-22-9-6-18(7-10-22)5-4-17-20-19-15(3)23(17)11-8-18/h4-12H2,1-3H3. The molecule has 1 saturated heterocycles. The molecule has 0 N–H and O–H groups in total. The summed E-state index contributed by atoms with van der Waals surface area (Å²) >= 11 is 0. The zero-order chi connectivity index (χ0) is 16.7. The molecule has 0 amide bonds. The molecule has 1 fully saturated rings. The lowest BCUT2D eigenvalue weighted by Gasteiger charge is -2.41. The molecule has 2 aliphatic rings. The second-order valence-corrected chi connectivity index (χ2v) is 7.64. The average Bonchev–Trinajstić information content (AvgIpc) is 3.03. The van der Waals surface area contributed by atoms with Crippen LogP contribution in [0.5, 0.6) is 0 Å². The highest BCUT2D eigenvalue weighted by Gasteiger charge is 2.36. The minimum absolute atomic E-state index is 0.488. The normalized spacial score (nSPS) is 21.0. The fourth-order valence-electron chi connectivity index (χ4n) is 4.39. The van der Waals surface area contributed by atoms with Gasteiger partial charge in [0.2, 0.25) is 0 Å². The summed E-state index contributed by atoms with van der Waals surface area (Å²) in [5, 5.41) is 12.7. The molecule has 2 aromatic heterocycles. The number of nitrogens with zero attached hydrogens (tertiary/aromatic N) is 5. The second kappa shape index (κ2) is 5.99. The van der Waals surface area contributed by atoms with Crippen molar-refractivity contribution in [2.75, 3.05) is 13.1 Å². The van der Waals surface area contributed by atoms with Crippen LogP contribution < -0.4 is 0 Å². The monoisotopic (exact) mass is 329 g/mol. The van der Waals surface area contributed by atoms with Gasteiger partial charge in [-0.3, -0.25) is 4.90 Å². The first kappa shape index (κ1) is 15.8. The molecule has 0 radical (unpaired) electrons. The highest BCUT2D eigenvalue weighted by Crippen LogP contribution is 2.42. The summed E-state index contributed by atoms with van der Waals surface area (Å²) in [7, 11) is 0. The molecule has 24 heavy (non-hydrogen) atoms. The molecule has 0 bridgehead atoms. The molecule has 130 valence electrons. The van der Waals surface area contributed by atoms with Crippen molar-refractivity contribution in [1.82, 2.24) is 24.8 Å². The van der Waals surface area contributed by atoms with Gasteiger partial charge in [0.15, 0.2) is 0 Å². The molecule has 6 heteroatoms. The molecule has 4 heterocycles. The molecule has 6 nitrogen and oxygen atoms in total. The Morgan fingerprint density at radius 3 is 2.46 bits per heavy atom. The van der Waals surface area contributed by atoms with Crippen LogP contribution in [0.25, 0.3) is 0 Å². The smallest absolute Gasteiger partial charge is 0.138 e. The van der Waals surface area contributed by atoms with Crippen LogP contribution in [0.3, 0.4) is 0 Å². The van der Waals surface area contributed by atoms with E-state index in [1.54, 1.807) is 0 Å². The van der Waals surface area contributed by atoms with Crippen LogP contribution >= 0.6 is 0 Å². The Morgan fingerprint density at radius 2 is 1.75 bits per heavy atom. The Balaban J connectivity index is 1.39. The molecule has 4 rings (SSSR count). The van der Waals surface area contributed by atoms with Crippen molar-refractivity contribution in [2.24, 2.45) is 5.41 Å². The van der Waals surface area contributed by atoms with Crippen molar-refractivity contribution in [3.63, 3.8) is 0 Å². The number of aryl methyl sites for hydroxylation is 4. The number of hydrogen-bond acceptors (Lipinski definition) is 5. The largest absolute Gasteiger partial charge is 0.361 e. The van der Waals surface area contributed by atoms with Crippen LogP contribution in [0.2, 0.25) is 0 Å². The maximum atomic E-state index is 5.31. The van der Waals surface area contributed by atoms with Gasteiger partial charge in [-0.2, -0.15) is 0 Å².